The van der Waals surface area contributed by atoms with Gasteiger partial charge in [-0.25, -0.2) is 0 Å². The van der Waals surface area contributed by atoms with Crippen LogP contribution in [-0.2, 0) is 0 Å². The topological polar surface area (TPSA) is 12.0 Å². The lowest BCUT2D eigenvalue weighted by atomic mass is 9.99. The summed E-state index contributed by atoms with van der Waals surface area (Å²) in [6.45, 7) is 4.68. The fraction of sp³-hybridized carbons (Fsp3) is 0.571. The van der Waals surface area contributed by atoms with Gasteiger partial charge in [-0.05, 0) is 49.6 Å². The molecule has 0 spiro atoms. The molecule has 1 atom stereocenters. The molecule has 1 aromatic carbocycles. The Balaban J connectivity index is 2.71. The van der Waals surface area contributed by atoms with Gasteiger partial charge in [0, 0.05) is 16.9 Å². The van der Waals surface area contributed by atoms with Crippen LogP contribution >= 0.6 is 15.9 Å². The number of halogens is 4. The molecule has 0 bridgehead atoms. The molecule has 108 valence electrons. The van der Waals surface area contributed by atoms with Gasteiger partial charge in [-0.2, -0.15) is 13.2 Å². The van der Waals surface area contributed by atoms with Crippen molar-refractivity contribution in [3.8, 4) is 0 Å². The van der Waals surface area contributed by atoms with Crippen LogP contribution in [0.15, 0.2) is 22.7 Å². The highest BCUT2D eigenvalue weighted by atomic mass is 79.9. The Morgan fingerprint density at radius 3 is 2.47 bits per heavy atom. The Morgan fingerprint density at radius 1 is 1.26 bits per heavy atom. The van der Waals surface area contributed by atoms with Crippen LogP contribution in [0.25, 0.3) is 0 Å². The first-order valence-electron chi connectivity index (χ1n) is 6.39. The van der Waals surface area contributed by atoms with E-state index in [0.29, 0.717) is 6.42 Å². The minimum atomic E-state index is -4.07. The van der Waals surface area contributed by atoms with Crippen LogP contribution in [-0.4, -0.2) is 12.7 Å². The summed E-state index contributed by atoms with van der Waals surface area (Å²) in [7, 11) is 0. The van der Waals surface area contributed by atoms with E-state index in [-0.39, 0.29) is 12.5 Å². The van der Waals surface area contributed by atoms with Crippen molar-refractivity contribution in [3.05, 3.63) is 33.8 Å². The Morgan fingerprint density at radius 2 is 1.95 bits per heavy atom. The van der Waals surface area contributed by atoms with Gasteiger partial charge in [-0.3, -0.25) is 0 Å². The summed E-state index contributed by atoms with van der Waals surface area (Å²) in [5.41, 5.74) is 2.14. The zero-order chi connectivity index (χ0) is 14.5. The maximum atomic E-state index is 12.2. The highest BCUT2D eigenvalue weighted by Crippen LogP contribution is 2.28. The van der Waals surface area contributed by atoms with Gasteiger partial charge in [0.15, 0.2) is 0 Å². The molecular weight excluding hydrogens is 319 g/mol. The van der Waals surface area contributed by atoms with Crippen molar-refractivity contribution < 1.29 is 13.2 Å². The van der Waals surface area contributed by atoms with Crippen LogP contribution in [0, 0.1) is 6.92 Å². The van der Waals surface area contributed by atoms with Crippen molar-refractivity contribution in [3.63, 3.8) is 0 Å². The number of benzene rings is 1. The number of nitrogens with one attached hydrogen (secondary N) is 1. The molecule has 1 nitrogen and oxygen atoms in total. The molecule has 0 heterocycles. The molecule has 0 aliphatic rings. The quantitative estimate of drug-likeness (QED) is 0.757. The molecule has 0 aromatic heterocycles. The lowest BCUT2D eigenvalue weighted by Crippen LogP contribution is -2.21. The Labute approximate surface area is 120 Å². The third-order valence-electron chi connectivity index (χ3n) is 2.87. The normalized spacial score (nSPS) is 13.6. The van der Waals surface area contributed by atoms with Crippen molar-refractivity contribution in [2.45, 2.75) is 45.3 Å². The van der Waals surface area contributed by atoms with Gasteiger partial charge in [0.25, 0.3) is 0 Å². The van der Waals surface area contributed by atoms with Crippen LogP contribution < -0.4 is 5.32 Å². The van der Waals surface area contributed by atoms with Crippen LogP contribution in [0.1, 0.15) is 43.4 Å². The second-order valence-electron chi connectivity index (χ2n) is 4.68. The minimum absolute atomic E-state index is 0.0245. The van der Waals surface area contributed by atoms with E-state index in [1.54, 1.807) is 0 Å². The molecule has 1 unspecified atom stereocenters. The van der Waals surface area contributed by atoms with E-state index in [2.05, 4.69) is 21.2 Å². The van der Waals surface area contributed by atoms with Crippen LogP contribution in [0.5, 0.6) is 0 Å². The van der Waals surface area contributed by atoms with Crippen molar-refractivity contribution >= 4 is 15.9 Å². The maximum Gasteiger partial charge on any atom is 0.389 e. The summed E-state index contributed by atoms with van der Waals surface area (Å²) >= 11 is 3.42. The van der Waals surface area contributed by atoms with E-state index >= 15 is 0 Å². The zero-order valence-electron chi connectivity index (χ0n) is 11.1. The molecule has 0 fully saturated rings. The van der Waals surface area contributed by atoms with Gasteiger partial charge < -0.3 is 5.32 Å². The fourth-order valence-electron chi connectivity index (χ4n) is 2.11. The summed E-state index contributed by atoms with van der Waals surface area (Å²) in [6.07, 6.45) is -4.15. The van der Waals surface area contributed by atoms with Crippen molar-refractivity contribution in [2.75, 3.05) is 6.54 Å². The van der Waals surface area contributed by atoms with Crippen LogP contribution in [0.2, 0.25) is 0 Å². The van der Waals surface area contributed by atoms with E-state index < -0.39 is 12.6 Å². The first kappa shape index (κ1) is 16.5. The van der Waals surface area contributed by atoms with Gasteiger partial charge in [0.1, 0.15) is 0 Å². The SMILES string of the molecule is CCNC(CCCC(F)(F)F)c1cc(C)cc(Br)c1. The van der Waals surface area contributed by atoms with Gasteiger partial charge in [-0.15, -0.1) is 0 Å². The number of alkyl halides is 3. The molecular formula is C14H19BrF3N. The second kappa shape index (κ2) is 7.29. The summed E-state index contributed by atoms with van der Waals surface area (Å²) in [5.74, 6) is 0. The molecule has 19 heavy (non-hydrogen) atoms. The first-order chi connectivity index (χ1) is 8.81. The van der Waals surface area contributed by atoms with Gasteiger partial charge in [-0.1, -0.05) is 28.9 Å². The third-order valence-corrected chi connectivity index (χ3v) is 3.33. The predicted molar refractivity (Wildman–Crippen MR) is 75.2 cm³/mol. The Hall–Kier alpha value is -0.550. The van der Waals surface area contributed by atoms with Gasteiger partial charge in [0.05, 0.1) is 0 Å². The number of rotatable bonds is 6. The second-order valence-corrected chi connectivity index (χ2v) is 5.60. The smallest absolute Gasteiger partial charge is 0.310 e. The first-order valence-corrected chi connectivity index (χ1v) is 7.18. The number of hydrogen-bond donors (Lipinski definition) is 1. The standard InChI is InChI=1S/C14H19BrF3N/c1-3-19-13(5-4-6-14(16,17)18)11-7-10(2)8-12(15)9-11/h7-9,13,19H,3-6H2,1-2H3. The predicted octanol–water partition coefficient (Wildman–Crippen LogP) is 5.14. The molecule has 0 aliphatic heterocycles. The maximum absolute atomic E-state index is 12.2. The fourth-order valence-corrected chi connectivity index (χ4v) is 2.73. The monoisotopic (exact) mass is 337 g/mol. The average molecular weight is 338 g/mol. The van der Waals surface area contributed by atoms with E-state index in [1.165, 1.54) is 0 Å². The van der Waals surface area contributed by atoms with E-state index in [9.17, 15) is 13.2 Å². The van der Waals surface area contributed by atoms with Gasteiger partial charge >= 0.3 is 6.18 Å². The van der Waals surface area contributed by atoms with E-state index in [0.717, 1.165) is 22.1 Å². The van der Waals surface area contributed by atoms with Crippen LogP contribution in [0.4, 0.5) is 13.2 Å². The summed E-state index contributed by atoms with van der Waals surface area (Å²) in [4.78, 5) is 0. The summed E-state index contributed by atoms with van der Waals surface area (Å²) in [6, 6.07) is 5.95. The van der Waals surface area contributed by atoms with E-state index in [1.807, 2.05) is 32.0 Å². The van der Waals surface area contributed by atoms with Crippen molar-refractivity contribution in [1.82, 2.24) is 5.32 Å². The molecule has 1 rings (SSSR count). The zero-order valence-corrected chi connectivity index (χ0v) is 12.7. The summed E-state index contributed by atoms with van der Waals surface area (Å²) < 4.78 is 37.5. The average Bonchev–Trinajstić information content (AvgIpc) is 2.25. The van der Waals surface area contributed by atoms with Crippen LogP contribution in [0.3, 0.4) is 0 Å². The molecule has 0 radical (unpaired) electrons. The molecule has 0 saturated carbocycles. The number of hydrogen-bond acceptors (Lipinski definition) is 1. The lowest BCUT2D eigenvalue weighted by molar-refractivity contribution is -0.135. The van der Waals surface area contributed by atoms with Gasteiger partial charge in [0.2, 0.25) is 0 Å². The number of aryl methyl sites for hydroxylation is 1. The largest absolute Gasteiger partial charge is 0.389 e. The highest BCUT2D eigenvalue weighted by molar-refractivity contribution is 9.10. The minimum Gasteiger partial charge on any atom is -0.310 e. The third kappa shape index (κ3) is 6.43. The van der Waals surface area contributed by atoms with E-state index in [4.69, 9.17) is 0 Å². The highest BCUT2D eigenvalue weighted by Gasteiger charge is 2.26. The summed E-state index contributed by atoms with van der Waals surface area (Å²) in [5, 5.41) is 3.25. The Kier molecular flexibility index (Phi) is 6.33. The molecule has 0 aliphatic carbocycles. The lowest BCUT2D eigenvalue weighted by Gasteiger charge is -2.19. The van der Waals surface area contributed by atoms with Crippen molar-refractivity contribution in [1.29, 1.82) is 0 Å². The Bertz CT molecular complexity index is 384. The van der Waals surface area contributed by atoms with Crippen molar-refractivity contribution in [2.24, 2.45) is 0 Å². The molecule has 0 saturated heterocycles. The molecule has 1 aromatic rings. The molecule has 1 N–H and O–H groups in total. The molecule has 0 amide bonds. The molecule has 5 heteroatoms.